The molecule has 0 atom stereocenters. The van der Waals surface area contributed by atoms with Gasteiger partial charge in [-0.15, -0.1) is 0 Å². The van der Waals surface area contributed by atoms with Crippen LogP contribution in [0.1, 0.15) is 23.6 Å². The Morgan fingerprint density at radius 3 is 1.89 bits per heavy atom. The predicted molar refractivity (Wildman–Crippen MR) is 143 cm³/mol. The van der Waals surface area contributed by atoms with Gasteiger partial charge in [-0.2, -0.15) is 0 Å². The van der Waals surface area contributed by atoms with Gasteiger partial charge in [0.1, 0.15) is 5.57 Å². The number of barbiturate groups is 1. The molecule has 3 aromatic carbocycles. The third-order valence-electron chi connectivity index (χ3n) is 5.62. The molecule has 1 fully saturated rings. The summed E-state index contributed by atoms with van der Waals surface area (Å²) in [6, 6.07) is 16.5. The van der Waals surface area contributed by atoms with Crippen molar-refractivity contribution in [3.8, 4) is 11.5 Å². The van der Waals surface area contributed by atoms with Crippen LogP contribution >= 0.6 is 22.6 Å². The number of hydrogen-bond donors (Lipinski definition) is 1. The van der Waals surface area contributed by atoms with Gasteiger partial charge in [-0.1, -0.05) is 36.4 Å². The normalized spacial score (nSPS) is 13.9. The number of carbonyl (C=O) groups is 3. The number of amides is 4. The quantitative estimate of drug-likeness (QED) is 0.241. The lowest BCUT2D eigenvalue weighted by atomic mass is 10.0. The molecule has 0 aliphatic carbocycles. The summed E-state index contributed by atoms with van der Waals surface area (Å²) < 4.78 is 6.00. The monoisotopic (exact) mass is 582 g/mol. The van der Waals surface area contributed by atoms with E-state index in [1.807, 2.05) is 34.7 Å². The number of phenolic OH excluding ortho intramolecular Hbond substituents is 1. The van der Waals surface area contributed by atoms with Gasteiger partial charge < -0.3 is 9.84 Å². The van der Waals surface area contributed by atoms with Gasteiger partial charge in [0.25, 0.3) is 11.8 Å². The number of aromatic hydroxyl groups is 1. The van der Waals surface area contributed by atoms with E-state index in [9.17, 15) is 19.5 Å². The van der Waals surface area contributed by atoms with Gasteiger partial charge >= 0.3 is 6.03 Å². The van der Waals surface area contributed by atoms with Crippen molar-refractivity contribution in [3.05, 3.63) is 86.5 Å². The summed E-state index contributed by atoms with van der Waals surface area (Å²) >= 11 is 1.95. The van der Waals surface area contributed by atoms with E-state index in [0.29, 0.717) is 38.2 Å². The van der Waals surface area contributed by atoms with Gasteiger partial charge in [0, 0.05) is 0 Å². The summed E-state index contributed by atoms with van der Waals surface area (Å²) in [6.07, 6.45) is 1.43. The average molecular weight is 582 g/mol. The lowest BCUT2D eigenvalue weighted by Gasteiger charge is -2.35. The number of para-hydroxylation sites is 2. The molecule has 0 saturated carbocycles. The SMILES string of the molecule is CCOc1cc(C=C2C(=O)N(c3ccccc3C)C(=O)N(c3ccccc3C)C2=O)cc(I)c1O. The first-order chi connectivity index (χ1) is 16.7. The summed E-state index contributed by atoms with van der Waals surface area (Å²) in [4.78, 5) is 42.9. The topological polar surface area (TPSA) is 87.2 Å². The molecular weight excluding hydrogens is 559 g/mol. The van der Waals surface area contributed by atoms with E-state index in [1.165, 1.54) is 6.08 Å². The van der Waals surface area contributed by atoms with Gasteiger partial charge in [-0.25, -0.2) is 14.6 Å². The number of rotatable bonds is 5. The number of anilines is 2. The molecule has 1 aliphatic rings. The van der Waals surface area contributed by atoms with Crippen molar-refractivity contribution >= 4 is 57.9 Å². The molecular formula is C27H23IN2O5. The zero-order valence-electron chi connectivity index (χ0n) is 19.4. The minimum Gasteiger partial charge on any atom is -0.504 e. The summed E-state index contributed by atoms with van der Waals surface area (Å²) in [7, 11) is 0. The maximum atomic E-state index is 13.6. The second kappa shape index (κ2) is 9.91. The number of urea groups is 1. The molecule has 7 nitrogen and oxygen atoms in total. The molecule has 1 N–H and O–H groups in total. The number of nitrogens with zero attached hydrogens (tertiary/aromatic N) is 2. The standard InChI is InChI=1S/C27H23IN2O5/c1-4-35-23-15-18(14-20(28)24(23)31)13-19-25(32)29(21-11-7-5-9-16(21)2)27(34)30(26(19)33)22-12-8-6-10-17(22)3/h5-15,31H,4H2,1-3H3. The lowest BCUT2D eigenvalue weighted by molar-refractivity contribution is -0.121. The van der Waals surface area contributed by atoms with Crippen LogP contribution in [0.2, 0.25) is 0 Å². The molecule has 0 aromatic heterocycles. The van der Waals surface area contributed by atoms with Crippen LogP contribution in [-0.4, -0.2) is 29.6 Å². The van der Waals surface area contributed by atoms with Crippen LogP contribution in [0.3, 0.4) is 0 Å². The Hall–Kier alpha value is -3.66. The number of halogens is 1. The lowest BCUT2D eigenvalue weighted by Crippen LogP contribution is -2.57. The van der Waals surface area contributed by atoms with Crippen molar-refractivity contribution in [1.82, 2.24) is 0 Å². The molecule has 1 heterocycles. The molecule has 0 bridgehead atoms. The van der Waals surface area contributed by atoms with E-state index in [4.69, 9.17) is 4.74 Å². The zero-order chi connectivity index (χ0) is 25.3. The van der Waals surface area contributed by atoms with E-state index < -0.39 is 17.8 Å². The van der Waals surface area contributed by atoms with Crippen molar-refractivity contribution < 1.29 is 24.2 Å². The van der Waals surface area contributed by atoms with Gasteiger partial charge in [0.2, 0.25) is 0 Å². The van der Waals surface area contributed by atoms with Crippen LogP contribution in [0.25, 0.3) is 6.08 Å². The van der Waals surface area contributed by atoms with Crippen molar-refractivity contribution in [2.45, 2.75) is 20.8 Å². The summed E-state index contributed by atoms with van der Waals surface area (Å²) in [5.41, 5.74) is 2.52. The molecule has 0 spiro atoms. The number of ether oxygens (including phenoxy) is 1. The number of carbonyl (C=O) groups excluding carboxylic acids is 3. The van der Waals surface area contributed by atoms with Gasteiger partial charge in [-0.05, 0) is 90.4 Å². The Labute approximate surface area is 216 Å². The second-order valence-corrected chi connectivity index (χ2v) is 9.14. The highest BCUT2D eigenvalue weighted by Crippen LogP contribution is 2.36. The maximum absolute atomic E-state index is 13.6. The maximum Gasteiger partial charge on any atom is 0.343 e. The highest BCUT2D eigenvalue weighted by molar-refractivity contribution is 14.1. The Balaban J connectivity index is 1.92. The van der Waals surface area contributed by atoms with E-state index in [0.717, 1.165) is 9.80 Å². The van der Waals surface area contributed by atoms with Crippen molar-refractivity contribution in [1.29, 1.82) is 0 Å². The minimum absolute atomic E-state index is 0.0193. The first kappa shape index (κ1) is 24.5. The van der Waals surface area contributed by atoms with Crippen LogP contribution in [0.5, 0.6) is 11.5 Å². The smallest absolute Gasteiger partial charge is 0.343 e. The number of aryl methyl sites for hydroxylation is 2. The van der Waals surface area contributed by atoms with Crippen LogP contribution in [-0.2, 0) is 9.59 Å². The predicted octanol–water partition coefficient (Wildman–Crippen LogP) is 5.60. The van der Waals surface area contributed by atoms with Gasteiger partial charge in [0.05, 0.1) is 21.6 Å². The fraction of sp³-hybridized carbons (Fsp3) is 0.148. The van der Waals surface area contributed by atoms with Crippen molar-refractivity contribution in [2.75, 3.05) is 16.4 Å². The van der Waals surface area contributed by atoms with E-state index >= 15 is 0 Å². The molecule has 3 aromatic rings. The Bertz CT molecular complexity index is 1310. The van der Waals surface area contributed by atoms with Crippen LogP contribution in [0.15, 0.2) is 66.2 Å². The summed E-state index contributed by atoms with van der Waals surface area (Å²) in [5, 5.41) is 10.3. The Morgan fingerprint density at radius 1 is 0.886 bits per heavy atom. The third kappa shape index (κ3) is 4.53. The molecule has 1 aliphatic heterocycles. The molecule has 8 heteroatoms. The number of hydrogen-bond acceptors (Lipinski definition) is 5. The fourth-order valence-electron chi connectivity index (χ4n) is 3.89. The Kier molecular flexibility index (Phi) is 6.93. The van der Waals surface area contributed by atoms with Crippen molar-refractivity contribution in [2.24, 2.45) is 0 Å². The first-order valence-electron chi connectivity index (χ1n) is 11.0. The molecule has 178 valence electrons. The molecule has 1 saturated heterocycles. The largest absolute Gasteiger partial charge is 0.504 e. The van der Waals surface area contributed by atoms with E-state index in [-0.39, 0.29) is 17.1 Å². The van der Waals surface area contributed by atoms with E-state index in [2.05, 4.69) is 0 Å². The van der Waals surface area contributed by atoms with Crippen LogP contribution in [0, 0.1) is 17.4 Å². The average Bonchev–Trinajstić information content (AvgIpc) is 2.82. The van der Waals surface area contributed by atoms with Crippen LogP contribution in [0.4, 0.5) is 16.2 Å². The third-order valence-corrected chi connectivity index (χ3v) is 6.45. The van der Waals surface area contributed by atoms with E-state index in [1.54, 1.807) is 69.3 Å². The Morgan fingerprint density at radius 2 is 1.40 bits per heavy atom. The highest BCUT2D eigenvalue weighted by atomic mass is 127. The fourth-order valence-corrected chi connectivity index (χ4v) is 4.52. The van der Waals surface area contributed by atoms with Crippen LogP contribution < -0.4 is 14.5 Å². The number of imide groups is 2. The summed E-state index contributed by atoms with van der Waals surface area (Å²) in [5.74, 6) is -1.22. The molecule has 4 amide bonds. The van der Waals surface area contributed by atoms with Gasteiger partial charge in [0.15, 0.2) is 11.5 Å². The minimum atomic E-state index is -0.740. The van der Waals surface area contributed by atoms with Crippen molar-refractivity contribution in [3.63, 3.8) is 0 Å². The van der Waals surface area contributed by atoms with Gasteiger partial charge in [-0.3, -0.25) is 9.59 Å². The number of benzene rings is 3. The zero-order valence-corrected chi connectivity index (χ0v) is 21.6. The molecule has 35 heavy (non-hydrogen) atoms. The second-order valence-electron chi connectivity index (χ2n) is 7.98. The molecule has 4 rings (SSSR count). The number of phenols is 1. The first-order valence-corrected chi connectivity index (χ1v) is 12.0. The highest BCUT2D eigenvalue weighted by Gasteiger charge is 2.44. The molecule has 0 radical (unpaired) electrons. The molecule has 0 unspecified atom stereocenters. The summed E-state index contributed by atoms with van der Waals surface area (Å²) in [6.45, 7) is 5.71.